The summed E-state index contributed by atoms with van der Waals surface area (Å²) < 4.78 is 5.43. The van der Waals surface area contributed by atoms with E-state index in [1.165, 1.54) is 11.1 Å². The molecule has 0 atom stereocenters. The maximum atomic E-state index is 5.47. The van der Waals surface area contributed by atoms with Crippen LogP contribution in [0.3, 0.4) is 0 Å². The molecule has 0 saturated carbocycles. The molecular weight excluding hydrogens is 224 g/mol. The van der Waals surface area contributed by atoms with Crippen molar-refractivity contribution in [3.8, 4) is 5.75 Å². The summed E-state index contributed by atoms with van der Waals surface area (Å²) in [5, 5.41) is 3.40. The smallest absolute Gasteiger partial charge is 0.122 e. The van der Waals surface area contributed by atoms with Crippen molar-refractivity contribution in [3.63, 3.8) is 0 Å². The summed E-state index contributed by atoms with van der Waals surface area (Å²) in [6.07, 6.45) is 1.02. The summed E-state index contributed by atoms with van der Waals surface area (Å²) in [4.78, 5) is 0. The number of nitrogens with one attached hydrogen (secondary N) is 1. The highest BCUT2D eigenvalue weighted by Gasteiger charge is 2.18. The largest absolute Gasteiger partial charge is 0.496 e. The lowest BCUT2D eigenvalue weighted by Gasteiger charge is -2.23. The molecule has 3 N–H and O–H groups in total. The number of rotatable bonds is 6. The minimum absolute atomic E-state index is 0.0958. The normalized spacial score (nSPS) is 11.6. The number of ether oxygens (including phenoxy) is 1. The van der Waals surface area contributed by atoms with Gasteiger partial charge in [0.05, 0.1) is 7.11 Å². The van der Waals surface area contributed by atoms with E-state index >= 15 is 0 Å². The molecule has 0 heterocycles. The van der Waals surface area contributed by atoms with Crippen LogP contribution in [0.5, 0.6) is 5.75 Å². The quantitative estimate of drug-likeness (QED) is 0.762. The average molecular weight is 250 g/mol. The lowest BCUT2D eigenvalue weighted by molar-refractivity contribution is 0.397. The predicted molar refractivity (Wildman–Crippen MR) is 77.1 cm³/mol. The van der Waals surface area contributed by atoms with Gasteiger partial charge in [-0.05, 0) is 42.1 Å². The van der Waals surface area contributed by atoms with Gasteiger partial charge in [-0.1, -0.05) is 32.9 Å². The second-order valence-corrected chi connectivity index (χ2v) is 5.60. The Hall–Kier alpha value is -1.06. The van der Waals surface area contributed by atoms with E-state index in [2.05, 4.69) is 44.3 Å². The maximum absolute atomic E-state index is 5.47. The van der Waals surface area contributed by atoms with Crippen LogP contribution in [0.15, 0.2) is 18.2 Å². The van der Waals surface area contributed by atoms with Crippen molar-refractivity contribution in [1.82, 2.24) is 5.32 Å². The van der Waals surface area contributed by atoms with Gasteiger partial charge in [0.2, 0.25) is 0 Å². The lowest BCUT2D eigenvalue weighted by atomic mass is 9.85. The minimum atomic E-state index is 0.0958. The molecule has 1 aromatic carbocycles. The number of hydrogen-bond donors (Lipinski definition) is 2. The number of nitrogens with two attached hydrogens (primary N) is 1. The molecule has 0 aliphatic carbocycles. The molecule has 18 heavy (non-hydrogen) atoms. The number of benzene rings is 1. The van der Waals surface area contributed by atoms with Crippen molar-refractivity contribution in [1.29, 1.82) is 0 Å². The molecule has 0 amide bonds. The fourth-order valence-electron chi connectivity index (χ4n) is 1.91. The van der Waals surface area contributed by atoms with Crippen molar-refractivity contribution >= 4 is 0 Å². The van der Waals surface area contributed by atoms with E-state index in [9.17, 15) is 0 Å². The molecule has 102 valence electrons. The molecule has 0 spiro atoms. The lowest BCUT2D eigenvalue weighted by Crippen LogP contribution is -2.19. The van der Waals surface area contributed by atoms with E-state index in [-0.39, 0.29) is 5.41 Å². The molecule has 0 radical (unpaired) electrons. The van der Waals surface area contributed by atoms with Gasteiger partial charge in [0, 0.05) is 6.54 Å². The van der Waals surface area contributed by atoms with E-state index in [1.54, 1.807) is 7.11 Å². The van der Waals surface area contributed by atoms with Crippen molar-refractivity contribution in [2.45, 2.75) is 39.2 Å². The van der Waals surface area contributed by atoms with Crippen LogP contribution in [0, 0.1) is 0 Å². The van der Waals surface area contributed by atoms with Gasteiger partial charge in [0.15, 0.2) is 0 Å². The Morgan fingerprint density at radius 1 is 1.28 bits per heavy atom. The Balaban J connectivity index is 2.77. The molecule has 0 saturated heterocycles. The molecule has 3 nitrogen and oxygen atoms in total. The molecule has 0 aliphatic rings. The summed E-state index contributed by atoms with van der Waals surface area (Å²) in [6.45, 7) is 9.20. The molecule has 1 aromatic rings. The topological polar surface area (TPSA) is 47.3 Å². The van der Waals surface area contributed by atoms with Crippen LogP contribution in [-0.2, 0) is 12.0 Å². The Kier molecular flexibility index (Phi) is 5.63. The molecular formula is C15H26N2O. The zero-order valence-corrected chi connectivity index (χ0v) is 12.0. The van der Waals surface area contributed by atoms with Crippen molar-refractivity contribution in [2.24, 2.45) is 5.73 Å². The van der Waals surface area contributed by atoms with Crippen LogP contribution in [0.25, 0.3) is 0 Å². The first-order chi connectivity index (χ1) is 8.49. The maximum Gasteiger partial charge on any atom is 0.122 e. The molecule has 0 bridgehead atoms. The Morgan fingerprint density at radius 3 is 2.56 bits per heavy atom. The first-order valence-electron chi connectivity index (χ1n) is 6.57. The predicted octanol–water partition coefficient (Wildman–Crippen LogP) is 2.43. The van der Waals surface area contributed by atoms with Gasteiger partial charge >= 0.3 is 0 Å². The van der Waals surface area contributed by atoms with Crippen LogP contribution >= 0.6 is 0 Å². The zero-order chi connectivity index (χ0) is 13.6. The third-order valence-electron chi connectivity index (χ3n) is 2.96. The Morgan fingerprint density at radius 2 is 2.00 bits per heavy atom. The van der Waals surface area contributed by atoms with Crippen LogP contribution in [0.4, 0.5) is 0 Å². The van der Waals surface area contributed by atoms with Gasteiger partial charge in [0.1, 0.15) is 5.75 Å². The zero-order valence-electron chi connectivity index (χ0n) is 12.0. The minimum Gasteiger partial charge on any atom is -0.496 e. The Labute approximate surface area is 111 Å². The highest BCUT2D eigenvalue weighted by molar-refractivity contribution is 5.41. The molecule has 0 aromatic heterocycles. The highest BCUT2D eigenvalue weighted by atomic mass is 16.5. The van der Waals surface area contributed by atoms with Crippen LogP contribution in [-0.4, -0.2) is 20.2 Å². The first-order valence-corrected chi connectivity index (χ1v) is 6.57. The summed E-state index contributed by atoms with van der Waals surface area (Å²) in [6, 6.07) is 6.40. The second-order valence-electron chi connectivity index (χ2n) is 5.60. The number of hydrogen-bond acceptors (Lipinski definition) is 3. The highest BCUT2D eigenvalue weighted by Crippen LogP contribution is 2.31. The SMILES string of the molecule is COc1ccc(CNCCCN)cc1C(C)(C)C. The van der Waals surface area contributed by atoms with Gasteiger partial charge in [-0.2, -0.15) is 0 Å². The van der Waals surface area contributed by atoms with E-state index < -0.39 is 0 Å². The van der Waals surface area contributed by atoms with Gasteiger partial charge < -0.3 is 15.8 Å². The summed E-state index contributed by atoms with van der Waals surface area (Å²) in [7, 11) is 1.73. The van der Waals surface area contributed by atoms with Crippen LogP contribution in [0.1, 0.15) is 38.3 Å². The van der Waals surface area contributed by atoms with Crippen molar-refractivity contribution in [3.05, 3.63) is 29.3 Å². The van der Waals surface area contributed by atoms with Gasteiger partial charge in [0.25, 0.3) is 0 Å². The molecule has 0 aliphatic heterocycles. The van der Waals surface area contributed by atoms with Gasteiger partial charge in [-0.25, -0.2) is 0 Å². The van der Waals surface area contributed by atoms with Crippen molar-refractivity contribution < 1.29 is 4.74 Å². The van der Waals surface area contributed by atoms with E-state index in [4.69, 9.17) is 10.5 Å². The van der Waals surface area contributed by atoms with Crippen LogP contribution in [0.2, 0.25) is 0 Å². The second kappa shape index (κ2) is 6.76. The molecule has 3 heteroatoms. The average Bonchev–Trinajstić information content (AvgIpc) is 2.33. The van der Waals surface area contributed by atoms with E-state index in [0.717, 1.165) is 31.8 Å². The third kappa shape index (κ3) is 4.31. The molecule has 0 unspecified atom stereocenters. The van der Waals surface area contributed by atoms with Gasteiger partial charge in [-0.3, -0.25) is 0 Å². The standard InChI is InChI=1S/C15H26N2O/c1-15(2,3)13-10-12(6-7-14(13)18-4)11-17-9-5-8-16/h6-7,10,17H,5,8-9,11,16H2,1-4H3. The third-order valence-corrected chi connectivity index (χ3v) is 2.96. The monoisotopic (exact) mass is 250 g/mol. The Bertz CT molecular complexity index is 369. The summed E-state index contributed by atoms with van der Waals surface area (Å²) in [5.74, 6) is 0.966. The number of methoxy groups -OCH3 is 1. The fourth-order valence-corrected chi connectivity index (χ4v) is 1.91. The van der Waals surface area contributed by atoms with Crippen LogP contribution < -0.4 is 15.8 Å². The van der Waals surface area contributed by atoms with E-state index in [0.29, 0.717) is 0 Å². The summed E-state index contributed by atoms with van der Waals surface area (Å²) >= 11 is 0. The molecule has 0 fully saturated rings. The fraction of sp³-hybridized carbons (Fsp3) is 0.600. The first kappa shape index (κ1) is 15.0. The van der Waals surface area contributed by atoms with Gasteiger partial charge in [-0.15, -0.1) is 0 Å². The van der Waals surface area contributed by atoms with E-state index in [1.807, 2.05) is 0 Å². The summed E-state index contributed by atoms with van der Waals surface area (Å²) in [5.41, 5.74) is 8.11. The molecule has 1 rings (SSSR count). The van der Waals surface area contributed by atoms with Crippen molar-refractivity contribution in [2.75, 3.05) is 20.2 Å².